The summed E-state index contributed by atoms with van der Waals surface area (Å²) in [7, 11) is 0. The van der Waals surface area contributed by atoms with Crippen LogP contribution in [0.4, 0.5) is 14.6 Å². The molecule has 0 saturated carbocycles. The molecule has 3 nitrogen and oxygen atoms in total. The molecule has 0 unspecified atom stereocenters. The van der Waals surface area contributed by atoms with Crippen LogP contribution in [-0.4, -0.2) is 5.16 Å². The zero-order valence-corrected chi connectivity index (χ0v) is 12.2. The summed E-state index contributed by atoms with van der Waals surface area (Å²) in [5.74, 6) is -0.271. The van der Waals surface area contributed by atoms with Gasteiger partial charge in [-0.3, -0.25) is 0 Å². The molecule has 3 rings (SSSR count). The molecule has 2 aromatic carbocycles. The van der Waals surface area contributed by atoms with E-state index in [0.29, 0.717) is 26.9 Å². The highest BCUT2D eigenvalue weighted by Crippen LogP contribution is 2.37. The number of hydrogen-bond acceptors (Lipinski definition) is 3. The van der Waals surface area contributed by atoms with E-state index in [2.05, 4.69) is 21.1 Å². The number of aromatic nitrogens is 1. The van der Waals surface area contributed by atoms with Crippen LogP contribution in [0.2, 0.25) is 0 Å². The summed E-state index contributed by atoms with van der Waals surface area (Å²) in [6, 6.07) is 10.3. The predicted molar refractivity (Wildman–Crippen MR) is 79.4 cm³/mol. The van der Waals surface area contributed by atoms with Crippen LogP contribution < -0.4 is 5.73 Å². The largest absolute Gasteiger partial charge is 0.380 e. The lowest BCUT2D eigenvalue weighted by molar-refractivity contribution is 0.436. The molecule has 0 aliphatic carbocycles. The second-order valence-corrected chi connectivity index (χ2v) is 5.27. The van der Waals surface area contributed by atoms with Crippen molar-refractivity contribution in [3.8, 4) is 22.5 Å². The minimum Gasteiger partial charge on any atom is -0.380 e. The lowest BCUT2D eigenvalue weighted by Gasteiger charge is -2.04. The van der Waals surface area contributed by atoms with Gasteiger partial charge in [-0.15, -0.1) is 0 Å². The van der Waals surface area contributed by atoms with Crippen LogP contribution in [0, 0.1) is 11.6 Å². The lowest BCUT2D eigenvalue weighted by Crippen LogP contribution is -1.90. The SMILES string of the molecule is Nc1noc(-c2ccc(F)c(Br)c2)c1-c1cccc(F)c1. The third kappa shape index (κ3) is 2.54. The van der Waals surface area contributed by atoms with E-state index < -0.39 is 5.82 Å². The molecule has 0 fully saturated rings. The van der Waals surface area contributed by atoms with E-state index in [0.717, 1.165) is 0 Å². The van der Waals surface area contributed by atoms with Crippen molar-refractivity contribution >= 4 is 21.7 Å². The van der Waals surface area contributed by atoms with Gasteiger partial charge >= 0.3 is 0 Å². The molecule has 0 radical (unpaired) electrons. The van der Waals surface area contributed by atoms with E-state index in [1.165, 1.54) is 18.2 Å². The van der Waals surface area contributed by atoms with Gasteiger partial charge in [-0.2, -0.15) is 0 Å². The molecule has 0 spiro atoms. The average Bonchev–Trinajstić information content (AvgIpc) is 2.84. The molecular weight excluding hydrogens is 342 g/mol. The van der Waals surface area contributed by atoms with Crippen LogP contribution in [0.3, 0.4) is 0 Å². The zero-order chi connectivity index (χ0) is 15.0. The van der Waals surface area contributed by atoms with Gasteiger partial charge in [0.25, 0.3) is 0 Å². The summed E-state index contributed by atoms with van der Waals surface area (Å²) in [4.78, 5) is 0. The number of nitrogens with zero attached hydrogens (tertiary/aromatic N) is 1. The van der Waals surface area contributed by atoms with Crippen LogP contribution in [0.5, 0.6) is 0 Å². The molecule has 0 aliphatic heterocycles. The highest BCUT2D eigenvalue weighted by atomic mass is 79.9. The quantitative estimate of drug-likeness (QED) is 0.732. The zero-order valence-electron chi connectivity index (χ0n) is 10.6. The van der Waals surface area contributed by atoms with Gasteiger partial charge in [0, 0.05) is 5.56 Å². The Morgan fingerprint density at radius 1 is 1.05 bits per heavy atom. The lowest BCUT2D eigenvalue weighted by atomic mass is 10.0. The highest BCUT2D eigenvalue weighted by molar-refractivity contribution is 9.10. The number of anilines is 1. The van der Waals surface area contributed by atoms with Crippen molar-refractivity contribution in [1.29, 1.82) is 0 Å². The molecule has 2 N–H and O–H groups in total. The summed E-state index contributed by atoms with van der Waals surface area (Å²) in [6.45, 7) is 0. The number of hydrogen-bond donors (Lipinski definition) is 1. The molecule has 106 valence electrons. The van der Waals surface area contributed by atoms with Crippen LogP contribution in [0.25, 0.3) is 22.5 Å². The summed E-state index contributed by atoms with van der Waals surface area (Å²) in [6.07, 6.45) is 0. The van der Waals surface area contributed by atoms with Crippen molar-refractivity contribution in [2.24, 2.45) is 0 Å². The summed E-state index contributed by atoms with van der Waals surface area (Å²) in [5.41, 5.74) is 7.43. The third-order valence-electron chi connectivity index (χ3n) is 3.01. The molecule has 3 aromatic rings. The van der Waals surface area contributed by atoms with Crippen molar-refractivity contribution < 1.29 is 13.3 Å². The number of rotatable bonds is 2. The fraction of sp³-hybridized carbons (Fsp3) is 0. The molecule has 0 aliphatic rings. The Kier molecular flexibility index (Phi) is 3.47. The van der Waals surface area contributed by atoms with Gasteiger partial charge in [-0.1, -0.05) is 17.3 Å². The molecule has 1 heterocycles. The first kappa shape index (κ1) is 13.8. The Morgan fingerprint density at radius 2 is 1.86 bits per heavy atom. The van der Waals surface area contributed by atoms with Crippen molar-refractivity contribution in [2.75, 3.05) is 5.73 Å². The van der Waals surface area contributed by atoms with Gasteiger partial charge in [-0.05, 0) is 51.8 Å². The Hall–Kier alpha value is -2.21. The maximum atomic E-state index is 13.4. The van der Waals surface area contributed by atoms with Gasteiger partial charge in [0.15, 0.2) is 11.6 Å². The second-order valence-electron chi connectivity index (χ2n) is 4.41. The Bertz CT molecular complexity index is 817. The first-order valence-electron chi connectivity index (χ1n) is 6.03. The molecule has 6 heteroatoms. The van der Waals surface area contributed by atoms with Crippen molar-refractivity contribution in [2.45, 2.75) is 0 Å². The van der Waals surface area contributed by atoms with E-state index in [-0.39, 0.29) is 11.6 Å². The highest BCUT2D eigenvalue weighted by Gasteiger charge is 2.18. The van der Waals surface area contributed by atoms with Gasteiger partial charge in [0.1, 0.15) is 11.6 Å². The summed E-state index contributed by atoms with van der Waals surface area (Å²) in [5, 5.41) is 3.72. The molecule has 1 aromatic heterocycles. The second kappa shape index (κ2) is 5.29. The Balaban J connectivity index is 2.19. The average molecular weight is 351 g/mol. The predicted octanol–water partition coefficient (Wildman–Crippen LogP) is 4.63. The van der Waals surface area contributed by atoms with E-state index in [1.54, 1.807) is 24.3 Å². The summed E-state index contributed by atoms with van der Waals surface area (Å²) >= 11 is 3.11. The monoisotopic (exact) mass is 350 g/mol. The van der Waals surface area contributed by atoms with Crippen molar-refractivity contribution in [3.05, 3.63) is 58.6 Å². The van der Waals surface area contributed by atoms with Crippen LogP contribution >= 0.6 is 15.9 Å². The molecule has 0 saturated heterocycles. The molecule has 0 bridgehead atoms. The number of halogens is 3. The normalized spacial score (nSPS) is 10.8. The van der Waals surface area contributed by atoms with Crippen molar-refractivity contribution in [3.63, 3.8) is 0 Å². The van der Waals surface area contributed by atoms with Crippen LogP contribution in [0.1, 0.15) is 0 Å². The third-order valence-corrected chi connectivity index (χ3v) is 3.62. The van der Waals surface area contributed by atoms with Crippen LogP contribution in [0.15, 0.2) is 51.5 Å². The molecule has 0 atom stereocenters. The maximum Gasteiger partial charge on any atom is 0.176 e. The smallest absolute Gasteiger partial charge is 0.176 e. The van der Waals surface area contributed by atoms with Crippen molar-refractivity contribution in [1.82, 2.24) is 5.16 Å². The first-order chi connectivity index (χ1) is 10.1. The van der Waals surface area contributed by atoms with E-state index in [1.807, 2.05) is 0 Å². The fourth-order valence-electron chi connectivity index (χ4n) is 2.06. The molecule has 0 amide bonds. The topological polar surface area (TPSA) is 52.0 Å². The molecular formula is C15H9BrF2N2O. The Labute approximate surface area is 127 Å². The number of benzene rings is 2. The minimum atomic E-state index is -0.390. The molecule has 21 heavy (non-hydrogen) atoms. The van der Waals surface area contributed by atoms with Gasteiger partial charge in [-0.25, -0.2) is 8.78 Å². The summed E-state index contributed by atoms with van der Waals surface area (Å²) < 4.78 is 32.2. The first-order valence-corrected chi connectivity index (χ1v) is 6.82. The maximum absolute atomic E-state index is 13.4. The van der Waals surface area contributed by atoms with E-state index in [4.69, 9.17) is 10.3 Å². The fourth-order valence-corrected chi connectivity index (χ4v) is 2.44. The van der Waals surface area contributed by atoms with Gasteiger partial charge < -0.3 is 10.3 Å². The number of nitrogens with two attached hydrogens (primary N) is 1. The standard InChI is InChI=1S/C15H9BrF2N2O/c16-11-7-9(4-5-12(11)18)14-13(15(19)20-21-14)8-2-1-3-10(17)6-8/h1-7H,(H2,19,20). The minimum absolute atomic E-state index is 0.149. The van der Waals surface area contributed by atoms with Crippen LogP contribution in [-0.2, 0) is 0 Å². The number of nitrogen functional groups attached to an aromatic ring is 1. The van der Waals surface area contributed by atoms with Gasteiger partial charge in [0.2, 0.25) is 0 Å². The van der Waals surface area contributed by atoms with Gasteiger partial charge in [0.05, 0.1) is 10.0 Å². The van der Waals surface area contributed by atoms with E-state index >= 15 is 0 Å². The van der Waals surface area contributed by atoms with E-state index in [9.17, 15) is 8.78 Å². The Morgan fingerprint density at radius 3 is 2.57 bits per heavy atom.